The third-order valence-electron chi connectivity index (χ3n) is 9.24. The Balaban J connectivity index is 1.35. The Bertz CT molecular complexity index is 1440. The van der Waals surface area contributed by atoms with E-state index in [9.17, 15) is 23.1 Å². The first-order valence-corrected chi connectivity index (χ1v) is 13.9. The average Bonchev–Trinajstić information content (AvgIpc) is 3.49. The number of nitrogens with one attached hydrogen (secondary N) is 1. The molecule has 2 N–H and O–H groups in total. The van der Waals surface area contributed by atoms with Gasteiger partial charge in [0.25, 0.3) is 5.91 Å². The zero-order valence-electron chi connectivity index (χ0n) is 22.8. The molecule has 1 aliphatic heterocycles. The maximum absolute atomic E-state index is 14.2. The van der Waals surface area contributed by atoms with Crippen LogP contribution in [0.1, 0.15) is 90.3 Å². The monoisotopic (exact) mass is 553 g/mol. The molecule has 3 aromatic rings. The summed E-state index contributed by atoms with van der Waals surface area (Å²) in [6.45, 7) is 2.21. The van der Waals surface area contributed by atoms with E-state index < -0.39 is 29.2 Å². The Morgan fingerprint density at radius 1 is 1.12 bits per heavy atom. The minimum absolute atomic E-state index is 0.0188. The van der Waals surface area contributed by atoms with E-state index in [0.717, 1.165) is 30.7 Å². The van der Waals surface area contributed by atoms with Crippen LogP contribution in [0.15, 0.2) is 42.7 Å². The number of amides is 1. The Kier molecular flexibility index (Phi) is 6.53. The number of aromatic nitrogens is 3. The number of nitrogens with zero attached hydrogens (tertiary/aromatic N) is 4. The van der Waals surface area contributed by atoms with Gasteiger partial charge >= 0.3 is 6.18 Å². The molecule has 6 rings (SSSR count). The molecule has 2 heterocycles. The minimum atomic E-state index is -4.57. The van der Waals surface area contributed by atoms with E-state index in [-0.39, 0.29) is 29.8 Å². The number of carbonyl (C=O) groups excluding carboxylic acids is 1. The van der Waals surface area contributed by atoms with Crippen molar-refractivity contribution in [3.63, 3.8) is 0 Å². The number of rotatable bonds is 6. The summed E-state index contributed by atoms with van der Waals surface area (Å²) in [5, 5.41) is 22.1. The molecule has 10 heteroatoms. The Labute approximate surface area is 231 Å². The molecule has 2 aliphatic carbocycles. The number of alkyl halides is 3. The Hall–Kier alpha value is -3.24. The van der Waals surface area contributed by atoms with Crippen LogP contribution in [0.4, 0.5) is 18.9 Å². The summed E-state index contributed by atoms with van der Waals surface area (Å²) in [4.78, 5) is 15.1. The summed E-state index contributed by atoms with van der Waals surface area (Å²) < 4.78 is 44.6. The number of anilines is 1. The topological polar surface area (TPSA) is 83.3 Å². The second-order valence-electron chi connectivity index (χ2n) is 12.0. The molecule has 7 nitrogen and oxygen atoms in total. The molecule has 212 valence electrons. The van der Waals surface area contributed by atoms with Gasteiger partial charge in [0.2, 0.25) is 0 Å². The third kappa shape index (κ3) is 4.60. The van der Waals surface area contributed by atoms with Gasteiger partial charge in [-0.25, -0.2) is 0 Å². The molecule has 0 atom stereocenters. The number of halogens is 3. The SMILES string of the molecule is Cn1cnnc1C1(c2cccc(N3Cc4c(cc(CNC5(C)CCC5)cc4C(F)(F)F)C3=O)c2)CCC(O)CC1. The fourth-order valence-corrected chi connectivity index (χ4v) is 6.66. The highest BCUT2D eigenvalue weighted by molar-refractivity contribution is 6.10. The number of aliphatic hydroxyl groups is 1. The van der Waals surface area contributed by atoms with Crippen LogP contribution in [0.5, 0.6) is 0 Å². The van der Waals surface area contributed by atoms with Crippen LogP contribution in [0.25, 0.3) is 0 Å². The summed E-state index contributed by atoms with van der Waals surface area (Å²) in [5.41, 5.74) is 0.706. The molecule has 1 amide bonds. The van der Waals surface area contributed by atoms with Gasteiger partial charge in [0.15, 0.2) is 0 Å². The van der Waals surface area contributed by atoms with Crippen LogP contribution in [0.3, 0.4) is 0 Å². The Morgan fingerprint density at radius 3 is 2.50 bits per heavy atom. The summed E-state index contributed by atoms with van der Waals surface area (Å²) in [6.07, 6.45) is 2.23. The van der Waals surface area contributed by atoms with Crippen LogP contribution in [-0.4, -0.2) is 37.4 Å². The lowest BCUT2D eigenvalue weighted by molar-refractivity contribution is -0.138. The van der Waals surface area contributed by atoms with Crippen molar-refractivity contribution in [3.05, 3.63) is 76.4 Å². The van der Waals surface area contributed by atoms with E-state index in [4.69, 9.17) is 0 Å². The van der Waals surface area contributed by atoms with Gasteiger partial charge in [-0.15, -0.1) is 10.2 Å². The fraction of sp³-hybridized carbons (Fsp3) is 0.500. The van der Waals surface area contributed by atoms with Crippen molar-refractivity contribution in [2.75, 3.05) is 4.90 Å². The van der Waals surface area contributed by atoms with Crippen molar-refractivity contribution in [2.24, 2.45) is 7.05 Å². The van der Waals surface area contributed by atoms with Gasteiger partial charge in [-0.05, 0) is 92.8 Å². The molecule has 0 spiro atoms. The van der Waals surface area contributed by atoms with E-state index in [1.54, 1.807) is 18.5 Å². The maximum atomic E-state index is 14.2. The second kappa shape index (κ2) is 9.69. The number of benzene rings is 2. The van der Waals surface area contributed by atoms with Crippen molar-refractivity contribution >= 4 is 11.6 Å². The van der Waals surface area contributed by atoms with Gasteiger partial charge in [-0.3, -0.25) is 4.79 Å². The zero-order chi connectivity index (χ0) is 28.3. The lowest BCUT2D eigenvalue weighted by Crippen LogP contribution is -2.47. The second-order valence-corrected chi connectivity index (χ2v) is 12.0. The van der Waals surface area contributed by atoms with Gasteiger partial charge in [-0.2, -0.15) is 13.2 Å². The Morgan fingerprint density at radius 2 is 1.88 bits per heavy atom. The number of hydrogen-bond donors (Lipinski definition) is 2. The summed E-state index contributed by atoms with van der Waals surface area (Å²) in [6, 6.07) is 10.3. The molecule has 3 aliphatic rings. The van der Waals surface area contributed by atoms with Gasteiger partial charge in [0.05, 0.1) is 23.6 Å². The fourth-order valence-electron chi connectivity index (χ4n) is 6.66. The number of fused-ring (bicyclic) bond motifs is 1. The lowest BCUT2D eigenvalue weighted by atomic mass is 9.68. The van der Waals surface area contributed by atoms with E-state index in [1.807, 2.05) is 29.8 Å². The minimum Gasteiger partial charge on any atom is -0.393 e. The first-order chi connectivity index (χ1) is 19.0. The first kappa shape index (κ1) is 27.0. The molecule has 2 aromatic carbocycles. The quantitative estimate of drug-likeness (QED) is 0.436. The van der Waals surface area contributed by atoms with Crippen LogP contribution in [0.2, 0.25) is 0 Å². The van der Waals surface area contributed by atoms with Crippen molar-refractivity contribution in [3.8, 4) is 0 Å². The number of carbonyl (C=O) groups is 1. The predicted octanol–water partition coefficient (Wildman–Crippen LogP) is 5.25. The van der Waals surface area contributed by atoms with E-state index in [0.29, 0.717) is 36.9 Å². The zero-order valence-corrected chi connectivity index (χ0v) is 22.8. The van der Waals surface area contributed by atoms with Gasteiger partial charge < -0.3 is 19.9 Å². The van der Waals surface area contributed by atoms with Crippen molar-refractivity contribution in [1.29, 1.82) is 0 Å². The van der Waals surface area contributed by atoms with Gasteiger partial charge in [0, 0.05) is 30.4 Å². The summed E-state index contributed by atoms with van der Waals surface area (Å²) in [5.74, 6) is 0.338. The molecule has 2 fully saturated rings. The van der Waals surface area contributed by atoms with Crippen molar-refractivity contribution in [2.45, 2.75) is 88.2 Å². The van der Waals surface area contributed by atoms with Gasteiger partial charge in [0.1, 0.15) is 12.2 Å². The van der Waals surface area contributed by atoms with Crippen LogP contribution in [-0.2, 0) is 31.7 Å². The molecule has 0 saturated heterocycles. The normalized spacial score (nSPS) is 24.2. The van der Waals surface area contributed by atoms with Crippen LogP contribution < -0.4 is 10.2 Å². The number of aryl methyl sites for hydroxylation is 1. The predicted molar refractivity (Wildman–Crippen MR) is 144 cm³/mol. The van der Waals surface area contributed by atoms with E-state index in [2.05, 4.69) is 22.4 Å². The smallest absolute Gasteiger partial charge is 0.393 e. The number of hydrogen-bond acceptors (Lipinski definition) is 5. The third-order valence-corrected chi connectivity index (χ3v) is 9.24. The van der Waals surface area contributed by atoms with Gasteiger partial charge in [-0.1, -0.05) is 12.1 Å². The highest BCUT2D eigenvalue weighted by Gasteiger charge is 2.44. The highest BCUT2D eigenvalue weighted by Crippen LogP contribution is 2.46. The first-order valence-electron chi connectivity index (χ1n) is 13.9. The average molecular weight is 554 g/mol. The molecule has 40 heavy (non-hydrogen) atoms. The van der Waals surface area contributed by atoms with Crippen molar-refractivity contribution < 1.29 is 23.1 Å². The molecule has 1 aromatic heterocycles. The van der Waals surface area contributed by atoms with Crippen LogP contribution in [0, 0.1) is 0 Å². The molecule has 0 radical (unpaired) electrons. The molecule has 2 saturated carbocycles. The highest BCUT2D eigenvalue weighted by atomic mass is 19.4. The molecular weight excluding hydrogens is 519 g/mol. The molecule has 0 unspecified atom stereocenters. The lowest BCUT2D eigenvalue weighted by Gasteiger charge is -2.39. The maximum Gasteiger partial charge on any atom is 0.416 e. The summed E-state index contributed by atoms with van der Waals surface area (Å²) in [7, 11) is 1.88. The van der Waals surface area contributed by atoms with Crippen molar-refractivity contribution in [1.82, 2.24) is 20.1 Å². The van der Waals surface area contributed by atoms with E-state index >= 15 is 0 Å². The standard InChI is InChI=1S/C30H34F3N5O2/c1-28(9-4-10-28)34-16-19-13-23-24(25(14-19)30(31,32)33)17-38(26(23)40)21-6-3-5-20(15-21)29(11-7-22(39)8-12-29)27-36-35-18-37(27)2/h3,5-6,13-15,18,22,34,39H,4,7-12,16-17H2,1-2H3. The molecule has 0 bridgehead atoms. The van der Waals surface area contributed by atoms with Crippen LogP contribution >= 0.6 is 0 Å². The molecular formula is C30H34F3N5O2. The number of aliphatic hydroxyl groups excluding tert-OH is 1. The largest absolute Gasteiger partial charge is 0.416 e. The summed E-state index contributed by atoms with van der Waals surface area (Å²) >= 11 is 0. The van der Waals surface area contributed by atoms with E-state index in [1.165, 1.54) is 11.0 Å².